The van der Waals surface area contributed by atoms with Gasteiger partial charge < -0.3 is 16.0 Å². The van der Waals surface area contributed by atoms with E-state index < -0.39 is 5.41 Å². The van der Waals surface area contributed by atoms with E-state index in [0.29, 0.717) is 19.0 Å². The Kier molecular flexibility index (Phi) is 8.13. The largest absolute Gasteiger partial charge is 0.355 e. The lowest BCUT2D eigenvalue weighted by Crippen LogP contribution is -2.47. The van der Waals surface area contributed by atoms with E-state index in [4.69, 9.17) is 0 Å². The Labute approximate surface area is 128 Å². The van der Waals surface area contributed by atoms with Crippen LogP contribution in [0.5, 0.6) is 0 Å². The smallest absolute Gasteiger partial charge is 0.225 e. The monoisotopic (exact) mass is 305 g/mol. The molecule has 1 fully saturated rings. The van der Waals surface area contributed by atoms with Crippen molar-refractivity contribution in [1.29, 1.82) is 0 Å². The summed E-state index contributed by atoms with van der Waals surface area (Å²) in [6.07, 6.45) is 2.30. The van der Waals surface area contributed by atoms with E-state index in [2.05, 4.69) is 22.9 Å². The SMILES string of the molecule is CC1CC(NC(=O)CCNC(=O)C(C)(C)C)CCN1.Cl. The van der Waals surface area contributed by atoms with Crippen molar-refractivity contribution in [3.8, 4) is 0 Å². The molecule has 2 unspecified atom stereocenters. The molecule has 0 bridgehead atoms. The van der Waals surface area contributed by atoms with Crippen molar-refractivity contribution in [3.05, 3.63) is 0 Å². The van der Waals surface area contributed by atoms with Crippen LogP contribution in [0.3, 0.4) is 0 Å². The first-order chi connectivity index (χ1) is 8.79. The van der Waals surface area contributed by atoms with Gasteiger partial charge in [-0.3, -0.25) is 9.59 Å². The van der Waals surface area contributed by atoms with Gasteiger partial charge in [-0.25, -0.2) is 0 Å². The molecular weight excluding hydrogens is 278 g/mol. The van der Waals surface area contributed by atoms with E-state index in [1.165, 1.54) is 0 Å². The van der Waals surface area contributed by atoms with Crippen LogP contribution in [0, 0.1) is 5.41 Å². The molecule has 1 heterocycles. The molecule has 118 valence electrons. The molecule has 1 aliphatic rings. The number of piperidine rings is 1. The first-order valence-corrected chi connectivity index (χ1v) is 7.10. The molecule has 0 aliphatic carbocycles. The van der Waals surface area contributed by atoms with Crippen molar-refractivity contribution in [2.75, 3.05) is 13.1 Å². The fraction of sp³-hybridized carbons (Fsp3) is 0.857. The van der Waals surface area contributed by atoms with E-state index in [-0.39, 0.29) is 30.3 Å². The van der Waals surface area contributed by atoms with Gasteiger partial charge in [-0.15, -0.1) is 12.4 Å². The van der Waals surface area contributed by atoms with Crippen molar-refractivity contribution in [2.45, 2.75) is 59.0 Å². The van der Waals surface area contributed by atoms with Gasteiger partial charge in [-0.05, 0) is 26.3 Å². The maximum Gasteiger partial charge on any atom is 0.225 e. The molecule has 1 saturated heterocycles. The molecular formula is C14H28ClN3O2. The third-order valence-corrected chi connectivity index (χ3v) is 3.31. The summed E-state index contributed by atoms with van der Waals surface area (Å²) in [6.45, 7) is 9.06. The van der Waals surface area contributed by atoms with E-state index in [0.717, 1.165) is 19.4 Å². The maximum atomic E-state index is 11.8. The normalized spacial score (nSPS) is 22.6. The minimum atomic E-state index is -0.402. The van der Waals surface area contributed by atoms with Crippen LogP contribution in [-0.4, -0.2) is 37.0 Å². The van der Waals surface area contributed by atoms with Crippen LogP contribution in [0.1, 0.15) is 47.0 Å². The summed E-state index contributed by atoms with van der Waals surface area (Å²) in [5, 5.41) is 9.17. The van der Waals surface area contributed by atoms with Crippen LogP contribution in [-0.2, 0) is 9.59 Å². The summed E-state index contributed by atoms with van der Waals surface area (Å²) in [5.41, 5.74) is -0.402. The van der Waals surface area contributed by atoms with Gasteiger partial charge >= 0.3 is 0 Å². The molecule has 0 radical (unpaired) electrons. The Morgan fingerprint density at radius 2 is 1.95 bits per heavy atom. The molecule has 0 saturated carbocycles. The van der Waals surface area contributed by atoms with E-state index >= 15 is 0 Å². The third kappa shape index (κ3) is 7.10. The van der Waals surface area contributed by atoms with Crippen LogP contribution >= 0.6 is 12.4 Å². The lowest BCUT2D eigenvalue weighted by molar-refractivity contribution is -0.128. The van der Waals surface area contributed by atoms with Crippen LogP contribution in [0.2, 0.25) is 0 Å². The number of nitrogens with one attached hydrogen (secondary N) is 3. The van der Waals surface area contributed by atoms with Crippen LogP contribution in [0.4, 0.5) is 0 Å². The second-order valence-corrected chi connectivity index (χ2v) is 6.40. The van der Waals surface area contributed by atoms with Gasteiger partial charge in [0.05, 0.1) is 0 Å². The highest BCUT2D eigenvalue weighted by Gasteiger charge is 2.22. The number of hydrogen-bond donors (Lipinski definition) is 3. The molecule has 0 spiro atoms. The van der Waals surface area contributed by atoms with Gasteiger partial charge in [0.2, 0.25) is 11.8 Å². The van der Waals surface area contributed by atoms with Gasteiger partial charge in [0.25, 0.3) is 0 Å². The molecule has 5 nitrogen and oxygen atoms in total. The minimum absolute atomic E-state index is 0. The molecule has 2 amide bonds. The summed E-state index contributed by atoms with van der Waals surface area (Å²) >= 11 is 0. The summed E-state index contributed by atoms with van der Waals surface area (Å²) in [6, 6.07) is 0.724. The molecule has 0 aromatic heterocycles. The number of amides is 2. The van der Waals surface area contributed by atoms with Crippen LogP contribution in [0.25, 0.3) is 0 Å². The van der Waals surface area contributed by atoms with Gasteiger partial charge in [0, 0.05) is 30.5 Å². The average Bonchev–Trinajstić information content (AvgIpc) is 2.27. The molecule has 6 heteroatoms. The Morgan fingerprint density at radius 3 is 2.50 bits per heavy atom. The molecule has 3 N–H and O–H groups in total. The lowest BCUT2D eigenvalue weighted by Gasteiger charge is -2.28. The summed E-state index contributed by atoms with van der Waals surface area (Å²) in [7, 11) is 0. The van der Waals surface area contributed by atoms with E-state index in [9.17, 15) is 9.59 Å². The lowest BCUT2D eigenvalue weighted by atomic mass is 9.96. The van der Waals surface area contributed by atoms with Gasteiger partial charge in [0.1, 0.15) is 0 Å². The Balaban J connectivity index is 0.00000361. The van der Waals surface area contributed by atoms with Gasteiger partial charge in [-0.1, -0.05) is 20.8 Å². The number of carbonyl (C=O) groups excluding carboxylic acids is 2. The first-order valence-electron chi connectivity index (χ1n) is 7.10. The number of hydrogen-bond acceptors (Lipinski definition) is 3. The summed E-state index contributed by atoms with van der Waals surface area (Å²) < 4.78 is 0. The molecule has 1 aliphatic heterocycles. The van der Waals surface area contributed by atoms with Gasteiger partial charge in [-0.2, -0.15) is 0 Å². The van der Waals surface area contributed by atoms with Gasteiger partial charge in [0.15, 0.2) is 0 Å². The van der Waals surface area contributed by atoms with Crippen molar-refractivity contribution < 1.29 is 9.59 Å². The van der Waals surface area contributed by atoms with Crippen molar-refractivity contribution in [2.24, 2.45) is 5.41 Å². The molecule has 20 heavy (non-hydrogen) atoms. The fourth-order valence-corrected chi connectivity index (χ4v) is 2.12. The zero-order valence-corrected chi connectivity index (χ0v) is 13.7. The highest BCUT2D eigenvalue weighted by molar-refractivity contribution is 5.85. The molecule has 2 atom stereocenters. The van der Waals surface area contributed by atoms with Crippen LogP contribution < -0.4 is 16.0 Å². The maximum absolute atomic E-state index is 11.8. The highest BCUT2D eigenvalue weighted by Crippen LogP contribution is 2.12. The second kappa shape index (κ2) is 8.47. The third-order valence-electron chi connectivity index (χ3n) is 3.31. The zero-order valence-electron chi connectivity index (χ0n) is 12.9. The second-order valence-electron chi connectivity index (χ2n) is 6.40. The first kappa shape index (κ1) is 19.2. The van der Waals surface area contributed by atoms with Crippen LogP contribution in [0.15, 0.2) is 0 Å². The Bertz CT molecular complexity index is 329. The summed E-state index contributed by atoms with van der Waals surface area (Å²) in [4.78, 5) is 23.4. The predicted molar refractivity (Wildman–Crippen MR) is 83.0 cm³/mol. The Morgan fingerprint density at radius 1 is 1.30 bits per heavy atom. The topological polar surface area (TPSA) is 70.2 Å². The minimum Gasteiger partial charge on any atom is -0.355 e. The number of carbonyl (C=O) groups is 2. The summed E-state index contributed by atoms with van der Waals surface area (Å²) in [5.74, 6) is 0.00379. The average molecular weight is 306 g/mol. The number of halogens is 1. The predicted octanol–water partition coefficient (Wildman–Crippen LogP) is 1.22. The van der Waals surface area contributed by atoms with E-state index in [1.807, 2.05) is 20.8 Å². The highest BCUT2D eigenvalue weighted by atomic mass is 35.5. The fourth-order valence-electron chi connectivity index (χ4n) is 2.12. The standard InChI is InChI=1S/C14H27N3O2.ClH/c1-10-9-11(5-7-15-10)17-12(18)6-8-16-13(19)14(2,3)4;/h10-11,15H,5-9H2,1-4H3,(H,16,19)(H,17,18);1H. The van der Waals surface area contributed by atoms with E-state index in [1.54, 1.807) is 0 Å². The zero-order chi connectivity index (χ0) is 14.5. The molecule has 0 aromatic rings. The van der Waals surface area contributed by atoms with Crippen molar-refractivity contribution in [3.63, 3.8) is 0 Å². The quantitative estimate of drug-likeness (QED) is 0.731. The molecule has 0 aromatic carbocycles. The van der Waals surface area contributed by atoms with Crippen molar-refractivity contribution >= 4 is 24.2 Å². The Hall–Kier alpha value is -0.810. The molecule has 1 rings (SSSR count). The number of rotatable bonds is 4. The van der Waals surface area contributed by atoms with Crippen molar-refractivity contribution in [1.82, 2.24) is 16.0 Å².